The molecule has 126 valence electrons. The summed E-state index contributed by atoms with van der Waals surface area (Å²) < 4.78 is 3.29. The molecule has 2 aromatic rings. The lowest BCUT2D eigenvalue weighted by molar-refractivity contribution is -0.751. The summed E-state index contributed by atoms with van der Waals surface area (Å²) in [6.07, 6.45) is 0.611. The van der Waals surface area contributed by atoms with Gasteiger partial charge in [0.2, 0.25) is 0 Å². The van der Waals surface area contributed by atoms with Crippen LogP contribution in [-0.4, -0.2) is 23.1 Å². The van der Waals surface area contributed by atoms with E-state index in [0.29, 0.717) is 17.1 Å². The average Bonchev–Trinajstić information content (AvgIpc) is 2.98. The van der Waals surface area contributed by atoms with Gasteiger partial charge in [-0.15, -0.1) is 0 Å². The Hall–Kier alpha value is -2.28. The predicted molar refractivity (Wildman–Crippen MR) is 91.3 cm³/mol. The Balaban J connectivity index is 2.15. The van der Waals surface area contributed by atoms with Crippen LogP contribution in [0.15, 0.2) is 45.4 Å². The molecule has 0 N–H and O–H groups in total. The van der Waals surface area contributed by atoms with Crippen LogP contribution in [0.4, 0.5) is 0 Å². The van der Waals surface area contributed by atoms with Crippen LogP contribution < -0.4 is 15.2 Å². The number of benzene rings is 1. The Bertz CT molecular complexity index is 846. The van der Waals surface area contributed by atoms with Gasteiger partial charge in [0.25, 0.3) is 0 Å². The molecule has 0 bridgehead atoms. The van der Waals surface area contributed by atoms with Gasteiger partial charge in [-0.25, -0.2) is 9.36 Å². The standard InChI is InChI=1S/C17H19N3O3S/c1-11(18-23-3)9-13-10-24-17-19(2)15(21)14(16(22)20(13)17)12-7-5-4-6-8-12/h4-8,13H,9-10H2,1-3H3/b18-11+. The summed E-state index contributed by atoms with van der Waals surface area (Å²) in [7, 11) is 3.22. The molecule has 24 heavy (non-hydrogen) atoms. The number of thioether (sulfide) groups is 1. The molecule has 7 heteroatoms. The summed E-state index contributed by atoms with van der Waals surface area (Å²) in [6, 6.07) is 9.06. The molecule has 1 unspecified atom stereocenters. The second-order valence-corrected chi connectivity index (χ2v) is 6.73. The first-order valence-corrected chi connectivity index (χ1v) is 8.63. The lowest BCUT2D eigenvalue weighted by atomic mass is 10.1. The molecule has 0 saturated heterocycles. The van der Waals surface area contributed by atoms with E-state index in [1.54, 1.807) is 28.3 Å². The molecular weight excluding hydrogens is 326 g/mol. The molecule has 0 fully saturated rings. The summed E-state index contributed by atoms with van der Waals surface area (Å²) >= 11 is 1.53. The van der Waals surface area contributed by atoms with Gasteiger partial charge in [0.05, 0.1) is 18.6 Å². The molecule has 0 saturated carbocycles. The molecule has 2 heterocycles. The van der Waals surface area contributed by atoms with Crippen molar-refractivity contribution in [2.75, 3.05) is 12.9 Å². The summed E-state index contributed by atoms with van der Waals surface area (Å²) in [5, 5.41) is 17.3. The van der Waals surface area contributed by atoms with Gasteiger partial charge in [-0.2, -0.15) is 4.57 Å². The van der Waals surface area contributed by atoms with Crippen molar-refractivity contribution in [3.05, 3.63) is 40.7 Å². The molecule has 0 spiro atoms. The van der Waals surface area contributed by atoms with E-state index in [1.165, 1.54) is 18.9 Å². The smallest absolute Gasteiger partial charge is 0.345 e. The molecule has 1 aromatic heterocycles. The van der Waals surface area contributed by atoms with Crippen LogP contribution in [0.25, 0.3) is 11.1 Å². The van der Waals surface area contributed by atoms with E-state index in [0.717, 1.165) is 11.5 Å². The molecule has 0 aliphatic carbocycles. The van der Waals surface area contributed by atoms with Gasteiger partial charge < -0.3 is 9.94 Å². The molecule has 1 aliphatic heterocycles. The maximum atomic E-state index is 13.0. The van der Waals surface area contributed by atoms with E-state index in [9.17, 15) is 9.90 Å². The fourth-order valence-corrected chi connectivity index (χ4v) is 4.24. The predicted octanol–water partition coefficient (Wildman–Crippen LogP) is 1.47. The van der Waals surface area contributed by atoms with Gasteiger partial charge in [0.1, 0.15) is 18.7 Å². The van der Waals surface area contributed by atoms with E-state index in [2.05, 4.69) is 5.16 Å². The minimum atomic E-state index is -0.257. The van der Waals surface area contributed by atoms with Crippen LogP contribution in [0.3, 0.4) is 0 Å². The Labute approximate surface area is 144 Å². The molecule has 6 nitrogen and oxygen atoms in total. The SMILES string of the molecule is CO/N=C(\C)CC1CSc2n1c(=O)c(-c1ccccc1)c([O-])[n+]2C. The number of nitrogens with zero attached hydrogens (tertiary/aromatic N) is 3. The Morgan fingerprint density at radius 2 is 2.17 bits per heavy atom. The van der Waals surface area contributed by atoms with Gasteiger partial charge in [-0.1, -0.05) is 35.5 Å². The number of oxime groups is 1. The van der Waals surface area contributed by atoms with Gasteiger partial charge in [0, 0.05) is 12.2 Å². The molecule has 1 aliphatic rings. The highest BCUT2D eigenvalue weighted by Gasteiger charge is 2.36. The Kier molecular flexibility index (Phi) is 4.62. The van der Waals surface area contributed by atoms with E-state index in [1.807, 2.05) is 25.1 Å². The van der Waals surface area contributed by atoms with Crippen molar-refractivity contribution in [1.29, 1.82) is 0 Å². The molecule has 3 rings (SSSR count). The Morgan fingerprint density at radius 3 is 2.83 bits per heavy atom. The van der Waals surface area contributed by atoms with Gasteiger partial charge in [0.15, 0.2) is 0 Å². The van der Waals surface area contributed by atoms with Crippen molar-refractivity contribution >= 4 is 17.5 Å². The van der Waals surface area contributed by atoms with Crippen LogP contribution in [0.5, 0.6) is 5.88 Å². The fraction of sp³-hybridized carbons (Fsp3) is 0.353. The summed E-state index contributed by atoms with van der Waals surface area (Å²) in [4.78, 5) is 17.9. The highest BCUT2D eigenvalue weighted by molar-refractivity contribution is 7.99. The number of fused-ring (bicyclic) bond motifs is 1. The van der Waals surface area contributed by atoms with Crippen LogP contribution in [0, 0.1) is 0 Å². The van der Waals surface area contributed by atoms with Crippen molar-refractivity contribution in [1.82, 2.24) is 4.57 Å². The monoisotopic (exact) mass is 345 g/mol. The van der Waals surface area contributed by atoms with Crippen LogP contribution in [0.1, 0.15) is 19.4 Å². The quantitative estimate of drug-likeness (QED) is 0.364. The molecule has 0 radical (unpaired) electrons. The zero-order valence-electron chi connectivity index (χ0n) is 13.9. The van der Waals surface area contributed by atoms with Gasteiger partial charge in [-0.3, -0.25) is 0 Å². The maximum Gasteiger partial charge on any atom is 0.345 e. The number of hydrogen-bond donors (Lipinski definition) is 0. The van der Waals surface area contributed by atoms with Gasteiger partial charge in [-0.05, 0) is 24.2 Å². The van der Waals surface area contributed by atoms with E-state index in [-0.39, 0.29) is 23.0 Å². The normalized spacial score (nSPS) is 17.0. The number of rotatable bonds is 4. The molecule has 1 atom stereocenters. The van der Waals surface area contributed by atoms with Crippen molar-refractivity contribution in [2.45, 2.75) is 24.5 Å². The topological polar surface area (TPSA) is 70.5 Å². The first kappa shape index (κ1) is 16.6. The largest absolute Gasteiger partial charge is 0.842 e. The second kappa shape index (κ2) is 6.68. The summed E-state index contributed by atoms with van der Waals surface area (Å²) in [5.41, 5.74) is 1.45. The third-order valence-electron chi connectivity index (χ3n) is 4.05. The average molecular weight is 345 g/mol. The van der Waals surface area contributed by atoms with Crippen molar-refractivity contribution in [3.63, 3.8) is 0 Å². The third kappa shape index (κ3) is 2.80. The third-order valence-corrected chi connectivity index (χ3v) is 5.33. The first-order chi connectivity index (χ1) is 11.5. The lowest BCUT2D eigenvalue weighted by Crippen LogP contribution is -2.43. The summed E-state index contributed by atoms with van der Waals surface area (Å²) in [6.45, 7) is 1.87. The Morgan fingerprint density at radius 1 is 1.46 bits per heavy atom. The van der Waals surface area contributed by atoms with Crippen LogP contribution in [0.2, 0.25) is 0 Å². The zero-order valence-corrected chi connectivity index (χ0v) is 14.7. The zero-order chi connectivity index (χ0) is 17.3. The van der Waals surface area contributed by atoms with Crippen molar-refractivity contribution in [2.24, 2.45) is 12.2 Å². The highest BCUT2D eigenvalue weighted by Crippen LogP contribution is 2.34. The van der Waals surface area contributed by atoms with Crippen LogP contribution in [-0.2, 0) is 11.9 Å². The van der Waals surface area contributed by atoms with E-state index >= 15 is 0 Å². The van der Waals surface area contributed by atoms with Crippen LogP contribution >= 0.6 is 11.8 Å². The minimum absolute atomic E-state index is 0.0364. The first-order valence-electron chi connectivity index (χ1n) is 7.65. The van der Waals surface area contributed by atoms with Crippen molar-refractivity contribution < 1.29 is 14.5 Å². The van der Waals surface area contributed by atoms with Gasteiger partial charge >= 0.3 is 10.7 Å². The number of hydrogen-bond acceptors (Lipinski definition) is 5. The minimum Gasteiger partial charge on any atom is -0.842 e. The second-order valence-electron chi connectivity index (χ2n) is 5.74. The lowest BCUT2D eigenvalue weighted by Gasteiger charge is -2.16. The molecular formula is C17H19N3O3S. The summed E-state index contributed by atoms with van der Waals surface area (Å²) in [5.74, 6) is 0.477. The number of aromatic nitrogens is 2. The molecule has 1 aromatic carbocycles. The maximum absolute atomic E-state index is 13.0. The molecule has 0 amide bonds. The van der Waals surface area contributed by atoms with Crippen molar-refractivity contribution in [3.8, 4) is 17.0 Å². The highest BCUT2D eigenvalue weighted by atomic mass is 32.2. The van der Waals surface area contributed by atoms with E-state index in [4.69, 9.17) is 4.84 Å². The van der Waals surface area contributed by atoms with E-state index < -0.39 is 0 Å². The fourth-order valence-electron chi connectivity index (χ4n) is 2.98.